The highest BCUT2D eigenvalue weighted by Crippen LogP contribution is 2.59. The van der Waals surface area contributed by atoms with Crippen molar-refractivity contribution in [1.29, 1.82) is 0 Å². The molecule has 0 aliphatic carbocycles. The number of hydrogen-bond donors (Lipinski definition) is 1. The first-order valence-corrected chi connectivity index (χ1v) is 12.8. The fraction of sp³-hybridized carbons (Fsp3) is 0.281. The van der Waals surface area contributed by atoms with Crippen molar-refractivity contribution in [1.82, 2.24) is 0 Å². The van der Waals surface area contributed by atoms with Gasteiger partial charge in [-0.1, -0.05) is 93.6 Å². The number of hydrogen-bond acceptors (Lipinski definition) is 4. The number of carbonyl (C=O) groups is 3. The van der Waals surface area contributed by atoms with Gasteiger partial charge in [-0.3, -0.25) is 14.4 Å². The van der Waals surface area contributed by atoms with Crippen molar-refractivity contribution in [2.75, 3.05) is 10.2 Å². The molecule has 5 heteroatoms. The Morgan fingerprint density at radius 1 is 0.892 bits per heavy atom. The largest absolute Gasteiger partial charge is 0.352 e. The lowest BCUT2D eigenvalue weighted by Crippen LogP contribution is -2.51. The molecule has 0 bridgehead atoms. The standard InChI is InChI=1S/C32H30N2O3/c1-19-18-25-32(22-15-9-10-16-23(22)33-30(32)37)26(28(35)20-12-6-5-7-13-20)27(29(36)31(2,3)4)34(25)24-17-11-8-14-21(19)24/h5-18,25-27H,1-4H3,(H,33,37)/t25-,26+,27+,32-/m1/s1. The number of nitrogens with one attached hydrogen (secondary N) is 1. The SMILES string of the molecule is CC1=C[C@H]2N(c3ccccc31)[C@H](C(=O)C(C)(C)C)[C@@H](C(=O)c1ccccc1)[C@]21C(=O)Nc2ccccc21. The average molecular weight is 491 g/mol. The highest BCUT2D eigenvalue weighted by atomic mass is 16.2. The van der Waals surface area contributed by atoms with E-state index in [0.717, 1.165) is 22.4 Å². The van der Waals surface area contributed by atoms with Crippen LogP contribution in [0, 0.1) is 11.3 Å². The van der Waals surface area contributed by atoms with Gasteiger partial charge in [0.1, 0.15) is 11.5 Å². The third-order valence-corrected chi connectivity index (χ3v) is 8.23. The molecule has 3 aliphatic heterocycles. The lowest BCUT2D eigenvalue weighted by molar-refractivity contribution is -0.128. The molecule has 186 valence electrons. The first kappa shape index (κ1) is 23.4. The monoisotopic (exact) mass is 490 g/mol. The summed E-state index contributed by atoms with van der Waals surface area (Å²) in [6, 6.07) is 23.3. The molecule has 3 heterocycles. The number of rotatable bonds is 3. The number of ketones is 2. The van der Waals surface area contributed by atoms with E-state index in [1.54, 1.807) is 12.1 Å². The fourth-order valence-corrected chi connectivity index (χ4v) is 6.61. The molecule has 4 atom stereocenters. The maximum atomic E-state index is 14.6. The number of Topliss-reactive ketones (excluding diaryl/α,β-unsaturated/α-hetero) is 2. The Hall–Kier alpha value is -3.99. The molecule has 1 spiro atoms. The Balaban J connectivity index is 1.71. The highest BCUT2D eigenvalue weighted by molar-refractivity contribution is 6.17. The van der Waals surface area contributed by atoms with E-state index >= 15 is 0 Å². The second kappa shape index (κ2) is 8.01. The van der Waals surface area contributed by atoms with E-state index < -0.39 is 28.8 Å². The zero-order valence-electron chi connectivity index (χ0n) is 21.5. The molecule has 0 unspecified atom stereocenters. The summed E-state index contributed by atoms with van der Waals surface area (Å²) in [5.74, 6) is -1.38. The van der Waals surface area contributed by atoms with Gasteiger partial charge >= 0.3 is 0 Å². The molecule has 1 saturated heterocycles. The average Bonchev–Trinajstić information content (AvgIpc) is 3.36. The fourth-order valence-electron chi connectivity index (χ4n) is 6.61. The summed E-state index contributed by atoms with van der Waals surface area (Å²) in [5.41, 5.74) is 2.92. The molecule has 37 heavy (non-hydrogen) atoms. The Bertz CT molecular complexity index is 1480. The molecule has 0 saturated carbocycles. The Labute approximate surface area is 217 Å². The number of allylic oxidation sites excluding steroid dienone is 1. The van der Waals surface area contributed by atoms with Gasteiger partial charge < -0.3 is 10.2 Å². The van der Waals surface area contributed by atoms with Crippen LogP contribution in [0.4, 0.5) is 11.4 Å². The predicted molar refractivity (Wildman–Crippen MR) is 146 cm³/mol. The maximum Gasteiger partial charge on any atom is 0.238 e. The molecular weight excluding hydrogens is 460 g/mol. The van der Waals surface area contributed by atoms with Crippen LogP contribution in [-0.4, -0.2) is 29.6 Å². The van der Waals surface area contributed by atoms with Crippen LogP contribution in [0.2, 0.25) is 0 Å². The number of amides is 1. The van der Waals surface area contributed by atoms with E-state index in [0.29, 0.717) is 11.3 Å². The van der Waals surface area contributed by atoms with E-state index in [4.69, 9.17) is 0 Å². The zero-order valence-corrected chi connectivity index (χ0v) is 21.5. The number of fused-ring (bicyclic) bond motifs is 6. The summed E-state index contributed by atoms with van der Waals surface area (Å²) < 4.78 is 0. The van der Waals surface area contributed by atoms with Crippen molar-refractivity contribution in [2.24, 2.45) is 11.3 Å². The van der Waals surface area contributed by atoms with E-state index in [1.807, 2.05) is 94.4 Å². The summed E-state index contributed by atoms with van der Waals surface area (Å²) in [6.07, 6.45) is 2.09. The molecule has 3 aromatic rings. The first-order chi connectivity index (χ1) is 17.7. The van der Waals surface area contributed by atoms with Crippen LogP contribution in [0.15, 0.2) is 84.9 Å². The molecule has 0 radical (unpaired) electrons. The van der Waals surface area contributed by atoms with Gasteiger partial charge in [0.05, 0.1) is 12.0 Å². The molecule has 1 fully saturated rings. The number of carbonyl (C=O) groups excluding carboxylic acids is 3. The highest BCUT2D eigenvalue weighted by Gasteiger charge is 2.71. The minimum Gasteiger partial charge on any atom is -0.352 e. The summed E-state index contributed by atoms with van der Waals surface area (Å²) >= 11 is 0. The van der Waals surface area contributed by atoms with Crippen molar-refractivity contribution in [3.63, 3.8) is 0 Å². The van der Waals surface area contributed by atoms with Gasteiger partial charge in [0.15, 0.2) is 11.6 Å². The number of benzene rings is 3. The minimum absolute atomic E-state index is 0.0522. The Morgan fingerprint density at radius 3 is 2.27 bits per heavy atom. The van der Waals surface area contributed by atoms with Gasteiger partial charge in [-0.05, 0) is 30.2 Å². The smallest absolute Gasteiger partial charge is 0.238 e. The molecule has 1 N–H and O–H groups in total. The van der Waals surface area contributed by atoms with Gasteiger partial charge in [0, 0.05) is 27.9 Å². The predicted octanol–water partition coefficient (Wildman–Crippen LogP) is 5.67. The van der Waals surface area contributed by atoms with Crippen LogP contribution in [-0.2, 0) is 15.0 Å². The van der Waals surface area contributed by atoms with E-state index in [-0.39, 0.29) is 17.5 Å². The minimum atomic E-state index is -1.26. The van der Waals surface area contributed by atoms with Gasteiger partial charge in [-0.25, -0.2) is 0 Å². The van der Waals surface area contributed by atoms with Crippen molar-refractivity contribution in [3.05, 3.63) is 102 Å². The number of anilines is 2. The Kier molecular flexibility index (Phi) is 5.07. The lowest BCUT2D eigenvalue weighted by atomic mass is 9.63. The van der Waals surface area contributed by atoms with Crippen LogP contribution in [0.3, 0.4) is 0 Å². The summed E-state index contributed by atoms with van der Waals surface area (Å²) in [4.78, 5) is 45.3. The van der Waals surface area contributed by atoms with Crippen molar-refractivity contribution in [2.45, 2.75) is 45.2 Å². The van der Waals surface area contributed by atoms with Crippen molar-refractivity contribution < 1.29 is 14.4 Å². The van der Waals surface area contributed by atoms with Crippen molar-refractivity contribution >= 4 is 34.4 Å². The van der Waals surface area contributed by atoms with E-state index in [9.17, 15) is 14.4 Å². The molecule has 1 amide bonds. The lowest BCUT2D eigenvalue weighted by Gasteiger charge is -2.39. The van der Waals surface area contributed by atoms with Crippen LogP contribution >= 0.6 is 0 Å². The molecular formula is C32H30N2O3. The van der Waals surface area contributed by atoms with Crippen LogP contribution in [0.25, 0.3) is 5.57 Å². The molecule has 0 aromatic heterocycles. The summed E-state index contributed by atoms with van der Waals surface area (Å²) in [5, 5.41) is 3.08. The third-order valence-electron chi connectivity index (χ3n) is 8.23. The second-order valence-corrected chi connectivity index (χ2v) is 11.4. The normalized spacial score (nSPS) is 25.7. The van der Waals surface area contributed by atoms with Gasteiger partial charge in [0.25, 0.3) is 0 Å². The van der Waals surface area contributed by atoms with Crippen LogP contribution < -0.4 is 10.2 Å². The molecule has 5 nitrogen and oxygen atoms in total. The molecule has 3 aliphatic rings. The van der Waals surface area contributed by atoms with Crippen LogP contribution in [0.1, 0.15) is 49.2 Å². The Morgan fingerprint density at radius 2 is 1.54 bits per heavy atom. The second-order valence-electron chi connectivity index (χ2n) is 11.4. The first-order valence-electron chi connectivity index (χ1n) is 12.8. The van der Waals surface area contributed by atoms with Gasteiger partial charge in [0.2, 0.25) is 5.91 Å². The molecule has 6 rings (SSSR count). The third kappa shape index (κ3) is 3.13. The maximum absolute atomic E-state index is 14.6. The summed E-state index contributed by atoms with van der Waals surface area (Å²) in [6.45, 7) is 7.70. The van der Waals surface area contributed by atoms with Gasteiger partial charge in [-0.2, -0.15) is 0 Å². The number of para-hydroxylation sites is 2. The topological polar surface area (TPSA) is 66.5 Å². The summed E-state index contributed by atoms with van der Waals surface area (Å²) in [7, 11) is 0. The van der Waals surface area contributed by atoms with Crippen LogP contribution in [0.5, 0.6) is 0 Å². The van der Waals surface area contributed by atoms with E-state index in [2.05, 4.69) is 16.3 Å². The zero-order chi connectivity index (χ0) is 26.1. The number of nitrogens with zero attached hydrogens (tertiary/aromatic N) is 1. The quantitative estimate of drug-likeness (QED) is 0.481. The van der Waals surface area contributed by atoms with E-state index in [1.165, 1.54) is 0 Å². The van der Waals surface area contributed by atoms with Gasteiger partial charge in [-0.15, -0.1) is 0 Å². The molecule has 3 aromatic carbocycles. The van der Waals surface area contributed by atoms with Crippen molar-refractivity contribution in [3.8, 4) is 0 Å².